The van der Waals surface area contributed by atoms with E-state index in [1.807, 2.05) is 11.9 Å². The number of hydrogen-bond donors (Lipinski definition) is 0. The van der Waals surface area contributed by atoms with Crippen LogP contribution < -0.4 is 0 Å². The van der Waals surface area contributed by atoms with Gasteiger partial charge in [0, 0.05) is 0 Å². The number of nitrogens with zero attached hydrogens (tertiary/aromatic N) is 1. The molecule has 0 bridgehead atoms. The van der Waals surface area contributed by atoms with Gasteiger partial charge in [0.05, 0.1) is 0 Å². The van der Waals surface area contributed by atoms with Gasteiger partial charge in [-0.2, -0.15) is 0 Å². The van der Waals surface area contributed by atoms with Gasteiger partial charge in [0.1, 0.15) is 0 Å². The van der Waals surface area contributed by atoms with Crippen molar-refractivity contribution in [2.75, 3.05) is 20.1 Å². The van der Waals surface area contributed by atoms with Crippen molar-refractivity contribution in [2.24, 2.45) is 0 Å². The SMILES string of the molecule is CN1CC[Se](=O)(=O)CC1. The summed E-state index contributed by atoms with van der Waals surface area (Å²) in [4.78, 5) is 2.05. The van der Waals surface area contributed by atoms with Crippen LogP contribution in [-0.2, 0) is 7.67 Å². The molecular formula is C5H11NO2Se. The first kappa shape index (κ1) is 7.19. The normalized spacial score (nSPS) is 28.1. The van der Waals surface area contributed by atoms with Crippen molar-refractivity contribution >= 4 is 12.7 Å². The quantitative estimate of drug-likeness (QED) is 0.520. The average Bonchev–Trinajstić information content (AvgIpc) is 1.78. The van der Waals surface area contributed by atoms with Crippen molar-refractivity contribution in [3.63, 3.8) is 0 Å². The monoisotopic (exact) mass is 197 g/mol. The third-order valence-corrected chi connectivity index (χ3v) is 4.94. The fourth-order valence-corrected chi connectivity index (χ4v) is 3.71. The molecule has 0 aromatic carbocycles. The summed E-state index contributed by atoms with van der Waals surface area (Å²) in [6.45, 7) is 1.46. The Bertz CT molecular complexity index is 171. The maximum atomic E-state index is 10.8. The Morgan fingerprint density at radius 2 is 1.67 bits per heavy atom. The molecule has 1 aliphatic heterocycles. The van der Waals surface area contributed by atoms with Crippen LogP contribution in [0.25, 0.3) is 0 Å². The van der Waals surface area contributed by atoms with E-state index >= 15 is 0 Å². The van der Waals surface area contributed by atoms with Crippen LogP contribution in [0.3, 0.4) is 0 Å². The summed E-state index contributed by atoms with van der Waals surface area (Å²) >= 11 is -3.34. The second kappa shape index (κ2) is 2.37. The molecule has 0 amide bonds. The van der Waals surface area contributed by atoms with E-state index in [0.29, 0.717) is 10.6 Å². The molecule has 4 heteroatoms. The first-order valence-corrected chi connectivity index (χ1v) is 6.81. The standard InChI is InChI=1S/C5H11NO2Se/c1-6-2-4-9(7,8)5-3-6/h2-5H2,1H3. The Balaban J connectivity index is 2.55. The van der Waals surface area contributed by atoms with Crippen LogP contribution in [0, 0.1) is 0 Å². The molecular weight excluding hydrogens is 185 g/mol. The first-order valence-electron chi connectivity index (χ1n) is 2.99. The van der Waals surface area contributed by atoms with Gasteiger partial charge in [-0.1, -0.05) is 0 Å². The zero-order valence-electron chi connectivity index (χ0n) is 5.50. The van der Waals surface area contributed by atoms with Crippen molar-refractivity contribution in [2.45, 2.75) is 10.6 Å². The van der Waals surface area contributed by atoms with E-state index in [-0.39, 0.29) is 0 Å². The molecule has 0 spiro atoms. The van der Waals surface area contributed by atoms with Crippen LogP contribution in [0.1, 0.15) is 0 Å². The number of hydrogen-bond acceptors (Lipinski definition) is 3. The second-order valence-electron chi connectivity index (χ2n) is 2.46. The molecule has 0 aromatic rings. The van der Waals surface area contributed by atoms with Gasteiger partial charge < -0.3 is 0 Å². The fraction of sp³-hybridized carbons (Fsp3) is 1.00. The van der Waals surface area contributed by atoms with Gasteiger partial charge in [-0.3, -0.25) is 0 Å². The van der Waals surface area contributed by atoms with Gasteiger partial charge in [0.2, 0.25) is 0 Å². The minimum atomic E-state index is -3.34. The van der Waals surface area contributed by atoms with Crippen molar-refractivity contribution in [3.05, 3.63) is 0 Å². The Kier molecular flexibility index (Phi) is 1.89. The summed E-state index contributed by atoms with van der Waals surface area (Å²) in [5.41, 5.74) is 0. The van der Waals surface area contributed by atoms with E-state index in [4.69, 9.17) is 0 Å². The Morgan fingerprint density at radius 3 is 2.00 bits per heavy atom. The molecule has 1 aliphatic rings. The molecule has 54 valence electrons. The first-order chi connectivity index (χ1) is 4.10. The van der Waals surface area contributed by atoms with Crippen molar-refractivity contribution in [3.8, 4) is 0 Å². The summed E-state index contributed by atoms with van der Waals surface area (Å²) in [5.74, 6) is 0. The van der Waals surface area contributed by atoms with Gasteiger partial charge in [0.25, 0.3) is 0 Å². The van der Waals surface area contributed by atoms with Crippen LogP contribution in [0.5, 0.6) is 0 Å². The molecule has 9 heavy (non-hydrogen) atoms. The van der Waals surface area contributed by atoms with Crippen LogP contribution in [0.2, 0.25) is 10.6 Å². The van der Waals surface area contributed by atoms with E-state index in [9.17, 15) is 7.67 Å². The van der Waals surface area contributed by atoms with Gasteiger partial charge in [-0.25, -0.2) is 0 Å². The van der Waals surface area contributed by atoms with Crippen molar-refractivity contribution in [1.29, 1.82) is 0 Å². The maximum absolute atomic E-state index is 10.8. The van der Waals surface area contributed by atoms with E-state index in [0.717, 1.165) is 13.1 Å². The second-order valence-corrected chi connectivity index (χ2v) is 7.29. The van der Waals surface area contributed by atoms with Crippen LogP contribution in [0.4, 0.5) is 0 Å². The molecule has 0 aromatic heterocycles. The fourth-order valence-electron chi connectivity index (χ4n) is 0.804. The van der Waals surface area contributed by atoms with E-state index in [1.54, 1.807) is 0 Å². The minimum absolute atomic E-state index is 0.410. The molecule has 1 heterocycles. The third kappa shape index (κ3) is 2.05. The summed E-state index contributed by atoms with van der Waals surface area (Å²) in [7, 11) is 1.95. The van der Waals surface area contributed by atoms with E-state index < -0.39 is 12.7 Å². The zero-order chi connectivity index (χ0) is 6.91. The molecule has 1 rings (SSSR count). The van der Waals surface area contributed by atoms with E-state index in [2.05, 4.69) is 0 Å². The summed E-state index contributed by atoms with van der Waals surface area (Å²) < 4.78 is 21.7. The summed E-state index contributed by atoms with van der Waals surface area (Å²) in [6.07, 6.45) is 0. The van der Waals surface area contributed by atoms with Crippen LogP contribution in [0.15, 0.2) is 0 Å². The third-order valence-electron chi connectivity index (χ3n) is 1.57. The molecule has 0 saturated carbocycles. The van der Waals surface area contributed by atoms with Gasteiger partial charge in [-0.15, -0.1) is 0 Å². The molecule has 0 unspecified atom stereocenters. The van der Waals surface area contributed by atoms with Gasteiger partial charge in [0.15, 0.2) is 0 Å². The topological polar surface area (TPSA) is 37.4 Å². The predicted octanol–water partition coefficient (Wildman–Crippen LogP) is 0.235. The Morgan fingerprint density at radius 1 is 1.22 bits per heavy atom. The predicted molar refractivity (Wildman–Crippen MR) is 34.2 cm³/mol. The zero-order valence-corrected chi connectivity index (χ0v) is 7.21. The molecule has 3 nitrogen and oxygen atoms in total. The Hall–Kier alpha value is 0.0795. The van der Waals surface area contributed by atoms with Crippen molar-refractivity contribution < 1.29 is 7.67 Å². The van der Waals surface area contributed by atoms with Gasteiger partial charge in [-0.05, 0) is 0 Å². The molecule has 1 fully saturated rings. The molecule has 1 saturated heterocycles. The van der Waals surface area contributed by atoms with Crippen molar-refractivity contribution in [1.82, 2.24) is 4.90 Å². The van der Waals surface area contributed by atoms with Crippen LogP contribution >= 0.6 is 0 Å². The number of rotatable bonds is 0. The Labute approximate surface area is 56.7 Å². The van der Waals surface area contributed by atoms with Crippen LogP contribution in [-0.4, -0.2) is 37.7 Å². The molecule has 0 aliphatic carbocycles. The molecule has 0 atom stereocenters. The molecule has 0 radical (unpaired) electrons. The summed E-state index contributed by atoms with van der Waals surface area (Å²) in [5, 5.41) is 0.819. The van der Waals surface area contributed by atoms with Gasteiger partial charge >= 0.3 is 56.1 Å². The average molecular weight is 196 g/mol. The molecule has 0 N–H and O–H groups in total. The summed E-state index contributed by atoms with van der Waals surface area (Å²) in [6, 6.07) is 0. The van der Waals surface area contributed by atoms with E-state index in [1.165, 1.54) is 0 Å².